The van der Waals surface area contributed by atoms with Gasteiger partial charge in [0, 0.05) is 13.1 Å². The molecule has 0 aromatic carbocycles. The predicted molar refractivity (Wildman–Crippen MR) is 52.8 cm³/mol. The Morgan fingerprint density at radius 3 is 2.40 bits per heavy atom. The molecule has 86 valence electrons. The van der Waals surface area contributed by atoms with Crippen LogP contribution in [0.1, 0.15) is 12.8 Å². The van der Waals surface area contributed by atoms with E-state index in [0.717, 1.165) is 11.8 Å². The van der Waals surface area contributed by atoms with Gasteiger partial charge in [0.2, 0.25) is 0 Å². The van der Waals surface area contributed by atoms with Crippen LogP contribution in [0.4, 0.5) is 4.79 Å². The molecule has 0 radical (unpaired) electrons. The van der Waals surface area contributed by atoms with E-state index in [1.165, 1.54) is 11.2 Å². The van der Waals surface area contributed by atoms with Crippen LogP contribution in [0.25, 0.3) is 0 Å². The molecule has 0 spiro atoms. The molecule has 1 fully saturated rings. The van der Waals surface area contributed by atoms with Crippen molar-refractivity contribution in [2.24, 2.45) is 0 Å². The van der Waals surface area contributed by atoms with E-state index >= 15 is 0 Å². The van der Waals surface area contributed by atoms with Gasteiger partial charge in [0.25, 0.3) is 0 Å². The lowest BCUT2D eigenvalue weighted by atomic mass is 10.1. The average molecular weight is 235 g/mol. The van der Waals surface area contributed by atoms with Gasteiger partial charge in [-0.25, -0.2) is 4.79 Å². The highest BCUT2D eigenvalue weighted by atomic mass is 32.2. The summed E-state index contributed by atoms with van der Waals surface area (Å²) in [6.45, 7) is 0.766. The second-order valence-electron chi connectivity index (χ2n) is 3.35. The molecule has 0 saturated carbocycles. The van der Waals surface area contributed by atoms with Crippen LogP contribution in [-0.2, 0) is 14.3 Å². The first-order chi connectivity index (χ1) is 6.88. The van der Waals surface area contributed by atoms with Gasteiger partial charge < -0.3 is 14.2 Å². The lowest BCUT2D eigenvalue weighted by Crippen LogP contribution is -2.35. The Balaban J connectivity index is 2.47. The molecule has 7 heteroatoms. The fourth-order valence-electron chi connectivity index (χ4n) is 1.26. The van der Waals surface area contributed by atoms with Crippen LogP contribution in [0.2, 0.25) is 0 Å². The summed E-state index contributed by atoms with van der Waals surface area (Å²) in [5.41, 5.74) is 0.818. The van der Waals surface area contributed by atoms with E-state index < -0.39 is 16.2 Å². The third-order valence-electron chi connectivity index (χ3n) is 2.07. The number of hydrogen-bond donors (Lipinski definition) is 1. The summed E-state index contributed by atoms with van der Waals surface area (Å²) in [5, 5.41) is 8.66. The molecule has 0 bridgehead atoms. The fourth-order valence-corrected chi connectivity index (χ4v) is 1.57. The SMILES string of the molecule is CS(=O)(=O)OC=C1CCN(C(=O)O)CC1. The predicted octanol–water partition coefficient (Wildman–Crippen LogP) is 0.620. The number of carbonyl (C=O) groups is 1. The van der Waals surface area contributed by atoms with E-state index in [1.807, 2.05) is 0 Å². The molecule has 15 heavy (non-hydrogen) atoms. The molecule has 6 nitrogen and oxygen atoms in total. The smallest absolute Gasteiger partial charge is 0.407 e. The maximum Gasteiger partial charge on any atom is 0.407 e. The second-order valence-corrected chi connectivity index (χ2v) is 4.95. The summed E-state index contributed by atoms with van der Waals surface area (Å²) in [6, 6.07) is 0. The molecule has 0 atom stereocenters. The van der Waals surface area contributed by atoms with Crippen LogP contribution in [-0.4, -0.2) is 43.9 Å². The van der Waals surface area contributed by atoms with Crippen LogP contribution in [0.3, 0.4) is 0 Å². The molecule has 0 unspecified atom stereocenters. The topological polar surface area (TPSA) is 83.9 Å². The van der Waals surface area contributed by atoms with Crippen molar-refractivity contribution in [3.05, 3.63) is 11.8 Å². The van der Waals surface area contributed by atoms with Crippen LogP contribution < -0.4 is 0 Å². The minimum Gasteiger partial charge on any atom is -0.465 e. The maximum absolute atomic E-state index is 10.7. The van der Waals surface area contributed by atoms with Crippen molar-refractivity contribution in [2.45, 2.75) is 12.8 Å². The molecular weight excluding hydrogens is 222 g/mol. The first-order valence-electron chi connectivity index (χ1n) is 4.42. The standard InChI is InChI=1S/C8H13NO5S/c1-15(12,13)14-6-7-2-4-9(5-3-7)8(10)11/h6H,2-5H2,1H3,(H,10,11). The molecule has 1 N–H and O–H groups in total. The number of hydrogen-bond acceptors (Lipinski definition) is 4. The van der Waals surface area contributed by atoms with Crippen molar-refractivity contribution >= 4 is 16.2 Å². The Hall–Kier alpha value is -1.24. The monoisotopic (exact) mass is 235 g/mol. The van der Waals surface area contributed by atoms with E-state index in [4.69, 9.17) is 5.11 Å². The van der Waals surface area contributed by atoms with Gasteiger partial charge in [-0.2, -0.15) is 8.42 Å². The number of likely N-dealkylation sites (tertiary alicyclic amines) is 1. The Morgan fingerprint density at radius 2 is 2.00 bits per heavy atom. The summed E-state index contributed by atoms with van der Waals surface area (Å²) in [7, 11) is -3.46. The largest absolute Gasteiger partial charge is 0.465 e. The van der Waals surface area contributed by atoms with E-state index in [-0.39, 0.29) is 0 Å². The number of rotatable bonds is 2. The van der Waals surface area contributed by atoms with E-state index in [2.05, 4.69) is 4.18 Å². The molecule has 1 aliphatic rings. The van der Waals surface area contributed by atoms with Crippen LogP contribution >= 0.6 is 0 Å². The van der Waals surface area contributed by atoms with Crippen LogP contribution in [0.15, 0.2) is 11.8 Å². The summed E-state index contributed by atoms with van der Waals surface area (Å²) in [5.74, 6) is 0. The molecular formula is C8H13NO5S. The minimum atomic E-state index is -3.46. The Kier molecular flexibility index (Phi) is 3.57. The quantitative estimate of drug-likeness (QED) is 0.560. The van der Waals surface area contributed by atoms with Gasteiger partial charge in [-0.1, -0.05) is 0 Å². The first kappa shape index (κ1) is 11.8. The number of carboxylic acid groups (broad SMARTS) is 1. The van der Waals surface area contributed by atoms with Crippen molar-refractivity contribution in [1.82, 2.24) is 4.90 Å². The Labute approximate surface area is 88.3 Å². The minimum absolute atomic E-state index is 0.383. The third kappa shape index (κ3) is 4.20. The summed E-state index contributed by atoms with van der Waals surface area (Å²) < 4.78 is 25.9. The normalized spacial score (nSPS) is 17.4. The van der Waals surface area contributed by atoms with Crippen LogP contribution in [0.5, 0.6) is 0 Å². The highest BCUT2D eigenvalue weighted by molar-refractivity contribution is 7.86. The number of piperidine rings is 1. The fraction of sp³-hybridized carbons (Fsp3) is 0.625. The van der Waals surface area contributed by atoms with Gasteiger partial charge in [0.1, 0.15) is 6.26 Å². The Bertz CT molecular complexity index is 362. The molecule has 1 aliphatic heterocycles. The Morgan fingerprint density at radius 1 is 1.47 bits per heavy atom. The molecule has 1 rings (SSSR count). The van der Waals surface area contributed by atoms with E-state index in [9.17, 15) is 13.2 Å². The number of nitrogens with zero attached hydrogens (tertiary/aromatic N) is 1. The van der Waals surface area contributed by atoms with Gasteiger partial charge in [-0.3, -0.25) is 0 Å². The van der Waals surface area contributed by atoms with E-state index in [1.54, 1.807) is 0 Å². The molecule has 0 aromatic rings. The van der Waals surface area contributed by atoms with Crippen LogP contribution in [0, 0.1) is 0 Å². The van der Waals surface area contributed by atoms with Gasteiger partial charge in [0.15, 0.2) is 0 Å². The van der Waals surface area contributed by atoms with Crippen molar-refractivity contribution < 1.29 is 22.5 Å². The highest BCUT2D eigenvalue weighted by Crippen LogP contribution is 2.16. The van der Waals surface area contributed by atoms with Gasteiger partial charge >= 0.3 is 16.2 Å². The summed E-state index contributed by atoms with van der Waals surface area (Å²) in [6.07, 6.45) is 2.26. The van der Waals surface area contributed by atoms with Crippen molar-refractivity contribution in [2.75, 3.05) is 19.3 Å². The van der Waals surface area contributed by atoms with E-state index in [0.29, 0.717) is 25.9 Å². The molecule has 1 saturated heterocycles. The molecule has 0 aliphatic carbocycles. The lowest BCUT2D eigenvalue weighted by molar-refractivity contribution is 0.141. The third-order valence-corrected chi connectivity index (χ3v) is 2.51. The molecule has 1 heterocycles. The van der Waals surface area contributed by atoms with Crippen molar-refractivity contribution in [3.8, 4) is 0 Å². The second kappa shape index (κ2) is 4.52. The average Bonchev–Trinajstić information content (AvgIpc) is 2.14. The van der Waals surface area contributed by atoms with Gasteiger partial charge in [0.05, 0.1) is 6.26 Å². The number of amides is 1. The molecule has 0 aromatic heterocycles. The summed E-state index contributed by atoms with van der Waals surface area (Å²) >= 11 is 0. The van der Waals surface area contributed by atoms with Crippen molar-refractivity contribution in [1.29, 1.82) is 0 Å². The summed E-state index contributed by atoms with van der Waals surface area (Å²) in [4.78, 5) is 11.8. The zero-order valence-electron chi connectivity index (χ0n) is 8.34. The van der Waals surface area contributed by atoms with Crippen molar-refractivity contribution in [3.63, 3.8) is 0 Å². The zero-order chi connectivity index (χ0) is 11.5. The highest BCUT2D eigenvalue weighted by Gasteiger charge is 2.18. The maximum atomic E-state index is 10.7. The molecule has 1 amide bonds. The first-order valence-corrected chi connectivity index (χ1v) is 6.24. The zero-order valence-corrected chi connectivity index (χ0v) is 9.16. The van der Waals surface area contributed by atoms with Gasteiger partial charge in [-0.15, -0.1) is 0 Å². The van der Waals surface area contributed by atoms with Gasteiger partial charge in [-0.05, 0) is 18.4 Å². The lowest BCUT2D eigenvalue weighted by Gasteiger charge is -2.25.